The van der Waals surface area contributed by atoms with E-state index in [9.17, 15) is 14.7 Å². The Bertz CT molecular complexity index is 886. The van der Waals surface area contributed by atoms with Crippen molar-refractivity contribution in [3.8, 4) is 0 Å². The number of hydrogen-bond donors (Lipinski definition) is 2. The summed E-state index contributed by atoms with van der Waals surface area (Å²) in [6.45, 7) is 0. The van der Waals surface area contributed by atoms with Gasteiger partial charge in [0.25, 0.3) is 5.43 Å². The van der Waals surface area contributed by atoms with Gasteiger partial charge in [0.2, 0.25) is 5.43 Å². The summed E-state index contributed by atoms with van der Waals surface area (Å²) in [7, 11) is 0. The van der Waals surface area contributed by atoms with Crippen LogP contribution in [0.2, 0.25) is 0 Å². The zero-order chi connectivity index (χ0) is 17.1. The molecule has 0 radical (unpaired) electrons. The van der Waals surface area contributed by atoms with Gasteiger partial charge in [-0.15, -0.1) is 11.8 Å². The van der Waals surface area contributed by atoms with Gasteiger partial charge >= 0.3 is 0 Å². The minimum Gasteiger partial charge on any atom is -0.386 e. The molecule has 5 heteroatoms. The second-order valence-corrected chi connectivity index (χ2v) is 6.27. The van der Waals surface area contributed by atoms with Crippen LogP contribution in [0.1, 0.15) is 23.3 Å². The Morgan fingerprint density at radius 3 is 1.96 bits per heavy atom. The smallest absolute Gasteiger partial charge is 0.251 e. The molecule has 0 spiro atoms. The molecule has 3 aromatic carbocycles. The van der Waals surface area contributed by atoms with Crippen LogP contribution in [0, 0.1) is 0 Å². The normalized spacial score (nSPS) is 13.6. The molecule has 0 aromatic heterocycles. The molecule has 24 heavy (non-hydrogen) atoms. The van der Waals surface area contributed by atoms with Crippen LogP contribution in [0.3, 0.4) is 0 Å². The number of rotatable bonds is 6. The maximum absolute atomic E-state index is 11.9. The lowest BCUT2D eigenvalue weighted by atomic mass is 9.95. The van der Waals surface area contributed by atoms with Gasteiger partial charge in [0, 0.05) is 0 Å². The highest BCUT2D eigenvalue weighted by Crippen LogP contribution is 2.33. The number of aliphatic hydroxyl groups excluding tert-OH is 1. The summed E-state index contributed by atoms with van der Waals surface area (Å²) in [5.74, 6) is 0. The summed E-state index contributed by atoms with van der Waals surface area (Å²) >= 11 is 1.24. The van der Waals surface area contributed by atoms with Crippen molar-refractivity contribution in [1.82, 2.24) is 0 Å². The molecule has 0 aliphatic heterocycles. The topological polar surface area (TPSA) is 66.4 Å². The van der Waals surface area contributed by atoms with Crippen LogP contribution >= 0.6 is 11.8 Å². The lowest BCUT2D eigenvalue weighted by Gasteiger charge is -2.27. The van der Waals surface area contributed by atoms with E-state index in [4.69, 9.17) is 0 Å². The largest absolute Gasteiger partial charge is 0.386 e. The van der Waals surface area contributed by atoms with E-state index in [2.05, 4.69) is 5.32 Å². The van der Waals surface area contributed by atoms with Crippen LogP contribution in [0.5, 0.6) is 0 Å². The van der Waals surface area contributed by atoms with Gasteiger partial charge < -0.3 is 10.4 Å². The molecule has 0 aliphatic rings. The third-order valence-electron chi connectivity index (χ3n) is 3.99. The Morgan fingerprint density at radius 2 is 1.42 bits per heavy atom. The third kappa shape index (κ3) is 3.00. The van der Waals surface area contributed by atoms with Crippen LogP contribution in [-0.4, -0.2) is 11.4 Å². The predicted molar refractivity (Wildman–Crippen MR) is 97.3 cm³/mol. The van der Waals surface area contributed by atoms with E-state index in [-0.39, 0.29) is 5.69 Å². The highest BCUT2D eigenvalue weighted by molar-refractivity contribution is 7.98. The monoisotopic (exact) mass is 339 g/mol. The first-order valence-electron chi connectivity index (χ1n) is 7.55. The van der Waals surface area contributed by atoms with Crippen LogP contribution in [0.15, 0.2) is 75.1 Å². The van der Waals surface area contributed by atoms with Gasteiger partial charge in [-0.1, -0.05) is 60.7 Å². The fourth-order valence-electron chi connectivity index (χ4n) is 2.70. The number of thioether (sulfide) groups is 1. The maximum atomic E-state index is 11.9. The third-order valence-corrected chi connectivity index (χ3v) is 4.78. The minimum absolute atomic E-state index is 0.288. The highest BCUT2D eigenvalue weighted by atomic mass is 32.2. The summed E-state index contributed by atoms with van der Waals surface area (Å²) in [4.78, 5) is 23.9. The summed E-state index contributed by atoms with van der Waals surface area (Å²) in [5.41, 5.74) is 0.875. The van der Waals surface area contributed by atoms with E-state index in [1.54, 1.807) is 6.26 Å². The van der Waals surface area contributed by atoms with Crippen molar-refractivity contribution in [2.75, 3.05) is 11.6 Å². The van der Waals surface area contributed by atoms with E-state index >= 15 is 0 Å². The van der Waals surface area contributed by atoms with Crippen LogP contribution in [0.4, 0.5) is 5.69 Å². The van der Waals surface area contributed by atoms with Crippen molar-refractivity contribution in [2.24, 2.45) is 0 Å². The molecule has 0 amide bonds. The minimum atomic E-state index is -0.854. The summed E-state index contributed by atoms with van der Waals surface area (Å²) in [6.07, 6.45) is 0.902. The zero-order valence-corrected chi connectivity index (χ0v) is 13.9. The molecule has 4 nitrogen and oxygen atoms in total. The molecule has 122 valence electrons. The molecular formula is C19H17NO3S. The van der Waals surface area contributed by atoms with Crippen LogP contribution < -0.4 is 16.2 Å². The number of nitrogens with one attached hydrogen (secondary N) is 1. The summed E-state index contributed by atoms with van der Waals surface area (Å²) in [6, 6.07) is 18.1. The molecule has 3 aromatic rings. The molecule has 0 saturated heterocycles. The number of hydrogen-bond acceptors (Lipinski definition) is 5. The Labute approximate surface area is 143 Å². The Morgan fingerprint density at radius 1 is 0.875 bits per heavy atom. The van der Waals surface area contributed by atoms with Gasteiger partial charge in [-0.3, -0.25) is 9.59 Å². The first-order chi connectivity index (χ1) is 11.6. The van der Waals surface area contributed by atoms with Gasteiger partial charge in [0.15, 0.2) is 0 Å². The Kier molecular flexibility index (Phi) is 4.83. The van der Waals surface area contributed by atoms with Crippen LogP contribution in [0.25, 0.3) is 0 Å². The fraction of sp³-hybridized carbons (Fsp3) is 0.158. The van der Waals surface area contributed by atoms with Crippen molar-refractivity contribution >= 4 is 17.4 Å². The molecule has 0 bridgehead atoms. The molecule has 2 atom stereocenters. The lowest BCUT2D eigenvalue weighted by molar-refractivity contribution is 0.154. The molecule has 0 fully saturated rings. The number of benzene rings is 2. The molecule has 0 saturated carbocycles. The lowest BCUT2D eigenvalue weighted by Crippen LogP contribution is -2.37. The van der Waals surface area contributed by atoms with E-state index in [0.717, 1.165) is 11.1 Å². The second kappa shape index (κ2) is 7.03. The fourth-order valence-corrected chi connectivity index (χ4v) is 3.33. The number of anilines is 1. The van der Waals surface area contributed by atoms with Gasteiger partial charge in [-0.25, -0.2) is 0 Å². The number of aliphatic hydroxyl groups is 1. The van der Waals surface area contributed by atoms with Crippen molar-refractivity contribution in [2.45, 2.75) is 17.0 Å². The van der Waals surface area contributed by atoms with E-state index in [0.29, 0.717) is 4.90 Å². The molecule has 0 unspecified atom stereocenters. The highest BCUT2D eigenvalue weighted by Gasteiger charge is 2.28. The van der Waals surface area contributed by atoms with Crippen molar-refractivity contribution in [1.29, 1.82) is 0 Å². The maximum Gasteiger partial charge on any atom is 0.251 e. The molecule has 3 rings (SSSR count). The standard InChI is InChI=1S/C19H17NO3S/c1-24-19-15(17(22)18(19)23)20-14(12-8-4-2-5-9-12)16(21)13-10-6-3-7-11-13/h2-11,14,16,20-21H,1H3/t14-,16+/m0/s1. The second-order valence-electron chi connectivity index (χ2n) is 5.45. The summed E-state index contributed by atoms with van der Waals surface area (Å²) in [5, 5.41) is 13.9. The SMILES string of the molecule is CSc1c(N[C@@H](c2ccccc2)[C@H](O)c2ccccc2)c(=O)c1=O. The molecule has 0 aliphatic carbocycles. The quantitative estimate of drug-likeness (QED) is 0.534. The van der Waals surface area contributed by atoms with Crippen molar-refractivity contribution in [3.63, 3.8) is 0 Å². The van der Waals surface area contributed by atoms with Crippen molar-refractivity contribution < 1.29 is 5.11 Å². The molecular weight excluding hydrogens is 322 g/mol. The van der Waals surface area contributed by atoms with Gasteiger partial charge in [-0.2, -0.15) is 0 Å². The van der Waals surface area contributed by atoms with E-state index in [1.165, 1.54) is 11.8 Å². The zero-order valence-electron chi connectivity index (χ0n) is 13.1. The van der Waals surface area contributed by atoms with E-state index < -0.39 is 23.0 Å². The molecule has 2 N–H and O–H groups in total. The molecule has 0 heterocycles. The first kappa shape index (κ1) is 16.5. The summed E-state index contributed by atoms with van der Waals surface area (Å²) < 4.78 is 0. The predicted octanol–water partition coefficient (Wildman–Crippen LogP) is 2.89. The van der Waals surface area contributed by atoms with Gasteiger partial charge in [-0.05, 0) is 17.4 Å². The first-order valence-corrected chi connectivity index (χ1v) is 8.77. The van der Waals surface area contributed by atoms with Gasteiger partial charge in [0.05, 0.1) is 10.9 Å². The van der Waals surface area contributed by atoms with E-state index in [1.807, 2.05) is 60.7 Å². The average Bonchev–Trinajstić information content (AvgIpc) is 2.65. The average molecular weight is 339 g/mol. The Balaban J connectivity index is 1.99. The Hall–Kier alpha value is -2.37. The van der Waals surface area contributed by atoms with Crippen molar-refractivity contribution in [3.05, 3.63) is 92.2 Å². The van der Waals surface area contributed by atoms with Gasteiger partial charge in [0.1, 0.15) is 11.8 Å². The van der Waals surface area contributed by atoms with Crippen LogP contribution in [-0.2, 0) is 0 Å².